The summed E-state index contributed by atoms with van der Waals surface area (Å²) in [6.07, 6.45) is 0.949. The number of carboxylic acid groups (broad SMARTS) is 1. The van der Waals surface area contributed by atoms with E-state index in [1.54, 1.807) is 4.90 Å². The molecule has 2 rings (SSSR count). The van der Waals surface area contributed by atoms with Crippen LogP contribution < -0.4 is 0 Å². The van der Waals surface area contributed by atoms with Gasteiger partial charge in [-0.2, -0.15) is 0 Å². The van der Waals surface area contributed by atoms with E-state index in [1.807, 2.05) is 0 Å². The zero-order valence-corrected chi connectivity index (χ0v) is 9.80. The van der Waals surface area contributed by atoms with E-state index in [-0.39, 0.29) is 17.6 Å². The van der Waals surface area contributed by atoms with Crippen molar-refractivity contribution in [1.29, 1.82) is 0 Å². The Morgan fingerprint density at radius 1 is 1.17 bits per heavy atom. The molecule has 1 aliphatic rings. The monoisotopic (exact) mass is 251 g/mol. The summed E-state index contributed by atoms with van der Waals surface area (Å²) in [5.41, 5.74) is 0.435. The molecule has 1 N–H and O–H groups in total. The summed E-state index contributed by atoms with van der Waals surface area (Å²) >= 11 is 0. The number of piperidine rings is 1. The van der Waals surface area contributed by atoms with Gasteiger partial charge in [0.05, 0.1) is 5.92 Å². The zero-order chi connectivity index (χ0) is 13.1. The minimum Gasteiger partial charge on any atom is -0.481 e. The molecule has 0 radical (unpaired) electrons. The maximum Gasteiger partial charge on any atom is 0.306 e. The van der Waals surface area contributed by atoms with Crippen LogP contribution >= 0.6 is 0 Å². The molecule has 1 aromatic rings. The highest BCUT2D eigenvalue weighted by Gasteiger charge is 2.27. The lowest BCUT2D eigenvalue weighted by Crippen LogP contribution is -2.40. The average Bonchev–Trinajstić information content (AvgIpc) is 2.39. The SMILES string of the molecule is O=C(O)C1CCN(C(=O)c2ccc(F)cc2)CC1. The smallest absolute Gasteiger partial charge is 0.306 e. The Hall–Kier alpha value is -1.91. The van der Waals surface area contributed by atoms with Crippen LogP contribution in [0.25, 0.3) is 0 Å². The molecule has 0 spiro atoms. The minimum absolute atomic E-state index is 0.168. The number of halogens is 1. The fourth-order valence-corrected chi connectivity index (χ4v) is 2.10. The van der Waals surface area contributed by atoms with Crippen molar-refractivity contribution < 1.29 is 19.1 Å². The van der Waals surface area contributed by atoms with Gasteiger partial charge in [0, 0.05) is 18.7 Å². The summed E-state index contributed by atoms with van der Waals surface area (Å²) in [5, 5.41) is 8.87. The van der Waals surface area contributed by atoms with Crippen LogP contribution in [0, 0.1) is 11.7 Å². The Bertz CT molecular complexity index is 450. The Morgan fingerprint density at radius 2 is 1.72 bits per heavy atom. The number of nitrogens with zero attached hydrogens (tertiary/aromatic N) is 1. The van der Waals surface area contributed by atoms with E-state index >= 15 is 0 Å². The van der Waals surface area contributed by atoms with E-state index < -0.39 is 5.97 Å². The second-order valence-corrected chi connectivity index (χ2v) is 4.41. The van der Waals surface area contributed by atoms with Gasteiger partial charge in [-0.15, -0.1) is 0 Å². The summed E-state index contributed by atoms with van der Waals surface area (Å²) in [6, 6.07) is 5.39. The van der Waals surface area contributed by atoms with Crippen molar-refractivity contribution in [3.8, 4) is 0 Å². The van der Waals surface area contributed by atoms with Crippen LogP contribution in [-0.2, 0) is 4.79 Å². The molecule has 5 heteroatoms. The zero-order valence-electron chi connectivity index (χ0n) is 9.80. The highest BCUT2D eigenvalue weighted by atomic mass is 19.1. The maximum absolute atomic E-state index is 12.7. The summed E-state index contributed by atoms with van der Waals surface area (Å²) < 4.78 is 12.7. The number of likely N-dealkylation sites (tertiary alicyclic amines) is 1. The van der Waals surface area contributed by atoms with E-state index in [2.05, 4.69) is 0 Å². The van der Waals surface area contributed by atoms with Gasteiger partial charge >= 0.3 is 5.97 Å². The molecule has 96 valence electrons. The van der Waals surface area contributed by atoms with Gasteiger partial charge in [-0.1, -0.05) is 0 Å². The van der Waals surface area contributed by atoms with Gasteiger partial charge in [0.15, 0.2) is 0 Å². The molecule has 0 aromatic heterocycles. The highest BCUT2D eigenvalue weighted by Crippen LogP contribution is 2.19. The molecule has 1 amide bonds. The Morgan fingerprint density at radius 3 is 2.22 bits per heavy atom. The predicted molar refractivity (Wildman–Crippen MR) is 62.7 cm³/mol. The van der Waals surface area contributed by atoms with Gasteiger partial charge in [0.2, 0.25) is 0 Å². The van der Waals surface area contributed by atoms with Crippen LogP contribution in [-0.4, -0.2) is 35.0 Å². The number of aliphatic carboxylic acids is 1. The average molecular weight is 251 g/mol. The lowest BCUT2D eigenvalue weighted by atomic mass is 9.96. The van der Waals surface area contributed by atoms with Crippen molar-refractivity contribution in [2.45, 2.75) is 12.8 Å². The number of carbonyl (C=O) groups excluding carboxylic acids is 1. The molecule has 0 aliphatic carbocycles. The quantitative estimate of drug-likeness (QED) is 0.871. The van der Waals surface area contributed by atoms with Crippen LogP contribution in [0.15, 0.2) is 24.3 Å². The lowest BCUT2D eigenvalue weighted by molar-refractivity contribution is -0.143. The van der Waals surface area contributed by atoms with E-state index in [9.17, 15) is 14.0 Å². The summed E-state index contributed by atoms with van der Waals surface area (Å²) in [4.78, 5) is 24.5. The first-order valence-electron chi connectivity index (χ1n) is 5.85. The van der Waals surface area contributed by atoms with Crippen LogP contribution in [0.1, 0.15) is 23.2 Å². The molecule has 18 heavy (non-hydrogen) atoms. The van der Waals surface area contributed by atoms with Gasteiger partial charge in [-0.3, -0.25) is 9.59 Å². The number of benzene rings is 1. The van der Waals surface area contributed by atoms with Crippen LogP contribution in [0.3, 0.4) is 0 Å². The van der Waals surface area contributed by atoms with Gasteiger partial charge in [0.25, 0.3) is 5.91 Å². The van der Waals surface area contributed by atoms with Crippen molar-refractivity contribution in [2.24, 2.45) is 5.92 Å². The lowest BCUT2D eigenvalue weighted by Gasteiger charge is -2.30. The molecule has 1 aromatic carbocycles. The molecular weight excluding hydrogens is 237 g/mol. The number of carboxylic acids is 1. The van der Waals surface area contributed by atoms with Gasteiger partial charge in [0.1, 0.15) is 5.82 Å². The van der Waals surface area contributed by atoms with Crippen molar-refractivity contribution in [1.82, 2.24) is 4.90 Å². The fourth-order valence-electron chi connectivity index (χ4n) is 2.10. The number of rotatable bonds is 2. The minimum atomic E-state index is -0.802. The van der Waals surface area contributed by atoms with E-state index in [0.29, 0.717) is 31.5 Å². The highest BCUT2D eigenvalue weighted by molar-refractivity contribution is 5.94. The van der Waals surface area contributed by atoms with Gasteiger partial charge < -0.3 is 10.0 Å². The van der Waals surface area contributed by atoms with E-state index in [0.717, 1.165) is 0 Å². The number of hydrogen-bond acceptors (Lipinski definition) is 2. The third-order valence-corrected chi connectivity index (χ3v) is 3.22. The Balaban J connectivity index is 1.99. The summed E-state index contributed by atoms with van der Waals surface area (Å²) in [7, 11) is 0. The fraction of sp³-hybridized carbons (Fsp3) is 0.385. The van der Waals surface area contributed by atoms with Crippen molar-refractivity contribution >= 4 is 11.9 Å². The molecule has 0 unspecified atom stereocenters. The molecule has 4 nitrogen and oxygen atoms in total. The third kappa shape index (κ3) is 2.67. The molecule has 0 atom stereocenters. The molecular formula is C13H14FNO3. The molecule has 0 saturated carbocycles. The summed E-state index contributed by atoms with van der Waals surface area (Å²) in [6.45, 7) is 0.875. The molecule has 1 saturated heterocycles. The van der Waals surface area contributed by atoms with Gasteiger partial charge in [-0.05, 0) is 37.1 Å². The van der Waals surface area contributed by atoms with Crippen molar-refractivity contribution in [3.05, 3.63) is 35.6 Å². The number of amides is 1. The second-order valence-electron chi connectivity index (χ2n) is 4.41. The number of carbonyl (C=O) groups is 2. The standard InChI is InChI=1S/C13H14FNO3/c14-11-3-1-9(2-4-11)12(16)15-7-5-10(6-8-15)13(17)18/h1-4,10H,5-8H2,(H,17,18). The van der Waals surface area contributed by atoms with Crippen LogP contribution in [0.2, 0.25) is 0 Å². The van der Waals surface area contributed by atoms with Crippen molar-refractivity contribution in [2.75, 3.05) is 13.1 Å². The first-order valence-corrected chi connectivity index (χ1v) is 5.85. The normalized spacial score (nSPS) is 16.6. The second kappa shape index (κ2) is 5.16. The Kier molecular flexibility index (Phi) is 3.60. The van der Waals surface area contributed by atoms with E-state index in [4.69, 9.17) is 5.11 Å². The first kappa shape index (κ1) is 12.5. The predicted octanol–water partition coefficient (Wildman–Crippen LogP) is 1.76. The third-order valence-electron chi connectivity index (χ3n) is 3.22. The van der Waals surface area contributed by atoms with Crippen molar-refractivity contribution in [3.63, 3.8) is 0 Å². The topological polar surface area (TPSA) is 57.6 Å². The molecule has 1 aliphatic heterocycles. The number of hydrogen-bond donors (Lipinski definition) is 1. The Labute approximate surface area is 104 Å². The molecule has 1 heterocycles. The largest absolute Gasteiger partial charge is 0.481 e. The van der Waals surface area contributed by atoms with Crippen LogP contribution in [0.5, 0.6) is 0 Å². The van der Waals surface area contributed by atoms with Gasteiger partial charge in [-0.25, -0.2) is 4.39 Å². The maximum atomic E-state index is 12.7. The molecule has 0 bridgehead atoms. The first-order chi connectivity index (χ1) is 8.58. The molecule has 1 fully saturated rings. The van der Waals surface area contributed by atoms with E-state index in [1.165, 1.54) is 24.3 Å². The summed E-state index contributed by atoms with van der Waals surface area (Å²) in [5.74, 6) is -1.71. The van der Waals surface area contributed by atoms with Crippen LogP contribution in [0.4, 0.5) is 4.39 Å².